The van der Waals surface area contributed by atoms with Crippen LogP contribution in [-0.4, -0.2) is 500 Å². The van der Waals surface area contributed by atoms with Gasteiger partial charge in [0, 0.05) is 177 Å². The van der Waals surface area contributed by atoms with Gasteiger partial charge in [0.05, 0.1) is 0 Å². The summed E-state index contributed by atoms with van der Waals surface area (Å²) in [4.78, 5) is 72.8. The predicted molar refractivity (Wildman–Crippen MR) is 237 cm³/mol. The number of hydrogen-bond acceptors (Lipinski definition) is 31. The van der Waals surface area contributed by atoms with Gasteiger partial charge in [-0.25, -0.2) is 28.8 Å². The molecule has 6 heterocycles. The minimum Gasteiger partial charge on any atom is -0.479 e. The van der Waals surface area contributed by atoms with Gasteiger partial charge in [0.15, 0.2) is 74.4 Å². The zero-order valence-electron chi connectivity index (χ0n) is 42.2. The molecule has 0 aromatic rings. The molecule has 0 spiro atoms. The zero-order chi connectivity index (χ0) is 54.6. The minimum atomic E-state index is -2.64. The maximum atomic E-state index is 12.5. The quantitative estimate of drug-likeness (QED) is 0.0638. The number of aliphatic hydroxyl groups excluding tert-OH is 14. The van der Waals surface area contributed by atoms with Crippen molar-refractivity contribution < 1.29 is 183 Å². The molecule has 30 atom stereocenters. The van der Waals surface area contributed by atoms with Gasteiger partial charge in [-0.2, -0.15) is 0 Å². The summed E-state index contributed by atoms with van der Waals surface area (Å²) in [7, 11) is 0. The van der Waals surface area contributed by atoms with Crippen molar-refractivity contribution in [1.29, 1.82) is 0 Å². The number of hydrogen-bond donors (Lipinski definition) is 20. The number of carboxylic acids is 6. The van der Waals surface area contributed by atoms with Crippen LogP contribution in [0.25, 0.3) is 0 Å². The second kappa shape index (κ2) is 34.0. The first kappa shape index (κ1) is 80.8. The molecule has 6 aliphatic rings. The van der Waals surface area contributed by atoms with Crippen LogP contribution in [-0.2, 0) is 80.9 Å². The van der Waals surface area contributed by atoms with Crippen molar-refractivity contribution in [3.05, 3.63) is 0 Å². The smallest absolute Gasteiger partial charge is 0.335 e. The van der Waals surface area contributed by atoms with Crippen molar-refractivity contribution in [3.8, 4) is 0 Å². The molecule has 0 aromatic carbocycles. The molecule has 422 valence electrons. The molecule has 79 heavy (non-hydrogen) atoms. The van der Waals surface area contributed by atoms with E-state index in [4.69, 9.17) is 47.4 Å². The van der Waals surface area contributed by atoms with Crippen LogP contribution in [0.3, 0.4) is 0 Å². The Morgan fingerprint density at radius 3 is 0.620 bits per heavy atom. The summed E-state index contributed by atoms with van der Waals surface area (Å²) < 4.78 is 56.5. The van der Waals surface area contributed by atoms with Crippen molar-refractivity contribution >= 4 is 213 Å². The third kappa shape index (κ3) is 17.6. The molecule has 6 fully saturated rings. The van der Waals surface area contributed by atoms with Crippen LogP contribution in [0, 0.1) is 0 Å². The SMILES string of the molecule is O=C(O)[C@@H]1O[C@@H](O[C@H]2[C@H](O)[C@H](O)[C@H](O[C@H]3[C@H](O)[C@H](O)[C@H](O[C@H]4[C@H](O)[C@H](O)[C@H](O[C@H]5[C@H](O)[C@H](O)[C@H](O[C@H]6[C@H](O)[C@H](O)[C@H](O)O[C@H]6C(=O)O)O[C@H]5C(=O)O)O[C@H]4C(=O)O)O[C@H]3C(=O)O)O[C@H]2C(=O)O)[C@@H](O)[C@@H](O)[C@@H]1O.[Na].[Na].[Na].[Na].[Na].[Na]. The molecular formula is C36H50Na6O37. The number of carbonyl (C=O) groups is 6. The van der Waals surface area contributed by atoms with E-state index in [0.29, 0.717) is 0 Å². The average molecular weight is 1210 g/mol. The maximum Gasteiger partial charge on any atom is 0.335 e. The molecule has 0 unspecified atom stereocenters. The van der Waals surface area contributed by atoms with E-state index in [1.54, 1.807) is 0 Å². The van der Waals surface area contributed by atoms with Gasteiger partial charge in [0.1, 0.15) is 110 Å². The molecule has 43 heteroatoms. The van der Waals surface area contributed by atoms with Crippen LogP contribution in [0.15, 0.2) is 0 Å². The van der Waals surface area contributed by atoms with Gasteiger partial charge in [0.25, 0.3) is 0 Å². The van der Waals surface area contributed by atoms with E-state index < -0.39 is 220 Å². The van der Waals surface area contributed by atoms with E-state index in [-0.39, 0.29) is 177 Å². The first-order chi connectivity index (χ1) is 34.0. The van der Waals surface area contributed by atoms with Gasteiger partial charge in [-0.15, -0.1) is 0 Å². The maximum absolute atomic E-state index is 12.5. The predicted octanol–water partition coefficient (Wildman–Crippen LogP) is -15.8. The van der Waals surface area contributed by atoms with Gasteiger partial charge in [-0.05, 0) is 0 Å². The molecule has 0 aromatic heterocycles. The fourth-order valence-corrected chi connectivity index (χ4v) is 8.34. The Balaban J connectivity index is 0.0000101. The molecule has 6 aliphatic heterocycles. The first-order valence-electron chi connectivity index (χ1n) is 21.1. The second-order valence-electron chi connectivity index (χ2n) is 17.0. The Labute approximate surface area is 573 Å². The van der Waals surface area contributed by atoms with Gasteiger partial charge in [0.2, 0.25) is 0 Å². The van der Waals surface area contributed by atoms with Gasteiger partial charge in [-0.3, -0.25) is 0 Å². The largest absolute Gasteiger partial charge is 0.479 e. The Morgan fingerprint density at radius 2 is 0.405 bits per heavy atom. The minimum absolute atomic E-state index is 0. The summed E-state index contributed by atoms with van der Waals surface area (Å²) >= 11 is 0. The fraction of sp³-hybridized carbons (Fsp3) is 0.833. The third-order valence-corrected chi connectivity index (χ3v) is 12.2. The molecule has 20 N–H and O–H groups in total. The van der Waals surface area contributed by atoms with Crippen molar-refractivity contribution in [3.63, 3.8) is 0 Å². The van der Waals surface area contributed by atoms with Crippen molar-refractivity contribution in [2.45, 2.75) is 184 Å². The summed E-state index contributed by atoms with van der Waals surface area (Å²) in [5.74, 6) is -12.2. The summed E-state index contributed by atoms with van der Waals surface area (Å²) in [6.45, 7) is 0. The molecular weight excluding hydrogens is 1160 g/mol. The molecule has 37 nitrogen and oxygen atoms in total. The number of aliphatic carboxylic acids is 6. The van der Waals surface area contributed by atoms with E-state index in [0.717, 1.165) is 0 Å². The number of rotatable bonds is 16. The van der Waals surface area contributed by atoms with Gasteiger partial charge < -0.3 is 154 Å². The number of carboxylic acid groups (broad SMARTS) is 6. The molecule has 0 amide bonds. The van der Waals surface area contributed by atoms with Gasteiger partial charge >= 0.3 is 35.8 Å². The van der Waals surface area contributed by atoms with Gasteiger partial charge in [-0.1, -0.05) is 0 Å². The van der Waals surface area contributed by atoms with E-state index in [1.165, 1.54) is 0 Å². The standard InChI is InChI=1S/C36H50O37.6Na/c37-1-2(38)19(25(50)51)69-32(9(1)45)65-15-4(40)11(47)34(71-21(15)27(54)55)67-17-6(42)13(49)36(73-23(17)29(58)59)68-18-7(43)12(48)35(72-24(18)30(60)61)66-16-5(41)10(46)33(70-22(16)28(56)57)64-14-3(39)8(44)31(62)63-20(14)26(52)53;;;;;;/h1-24,31-49,62H,(H,50,51)(H,52,53)(H,54,55)(H,56,57)(H,58,59)(H,60,61);;;;;;/t1-,2-,3+,4+,5+,6+,7+,8-,9-,10-,11-,12-,13-,14-,15-,16-,17-,18-,19+,20+,21+,22+,23+,24+,31+,32+,33+,34+,35+,36+;;;;;;/m0....../s1. The molecule has 6 rings (SSSR count). The molecule has 0 bridgehead atoms. The fourth-order valence-electron chi connectivity index (χ4n) is 8.34. The van der Waals surface area contributed by atoms with E-state index in [2.05, 4.69) is 4.74 Å². The molecule has 6 radical (unpaired) electrons. The van der Waals surface area contributed by atoms with Crippen LogP contribution in [0.2, 0.25) is 0 Å². The number of ether oxygens (including phenoxy) is 11. The van der Waals surface area contributed by atoms with Crippen LogP contribution in [0.5, 0.6) is 0 Å². The monoisotopic (exact) mass is 1210 g/mol. The Morgan fingerprint density at radius 1 is 0.228 bits per heavy atom. The third-order valence-electron chi connectivity index (χ3n) is 12.2. The van der Waals surface area contributed by atoms with E-state index in [1.807, 2.05) is 0 Å². The first-order valence-corrected chi connectivity index (χ1v) is 21.1. The van der Waals surface area contributed by atoms with Crippen LogP contribution >= 0.6 is 0 Å². The summed E-state index contributed by atoms with van der Waals surface area (Å²) in [6.07, 6.45) is -73.7. The van der Waals surface area contributed by atoms with Crippen LogP contribution < -0.4 is 0 Å². The molecule has 0 saturated carbocycles. The van der Waals surface area contributed by atoms with E-state index >= 15 is 0 Å². The van der Waals surface area contributed by atoms with E-state index in [9.17, 15) is 131 Å². The average Bonchev–Trinajstić information content (AvgIpc) is 3.31. The second-order valence-corrected chi connectivity index (χ2v) is 17.0. The molecule has 0 aliphatic carbocycles. The van der Waals surface area contributed by atoms with Crippen molar-refractivity contribution in [2.24, 2.45) is 0 Å². The summed E-state index contributed by atoms with van der Waals surface area (Å²) in [6, 6.07) is 0. The van der Waals surface area contributed by atoms with Crippen LogP contribution in [0.4, 0.5) is 0 Å². The van der Waals surface area contributed by atoms with Crippen LogP contribution in [0.1, 0.15) is 0 Å². The normalized spacial score (nSPS) is 45.8. The number of aliphatic hydroxyl groups is 14. The zero-order valence-corrected chi connectivity index (χ0v) is 54.2. The Kier molecular flexibility index (Phi) is 34.8. The summed E-state index contributed by atoms with van der Waals surface area (Å²) in [5.41, 5.74) is 0. The topological polar surface area (TPSA) is 609 Å². The Bertz CT molecular complexity index is 2020. The Hall–Kier alpha value is 1.82. The molecule has 6 saturated heterocycles. The summed E-state index contributed by atoms with van der Waals surface area (Å²) in [5, 5.41) is 207. The van der Waals surface area contributed by atoms with Crippen molar-refractivity contribution in [1.82, 2.24) is 0 Å². The van der Waals surface area contributed by atoms with Crippen molar-refractivity contribution in [2.75, 3.05) is 0 Å².